The van der Waals surface area contributed by atoms with Crippen LogP contribution in [-0.4, -0.2) is 28.7 Å². The van der Waals surface area contributed by atoms with E-state index in [9.17, 15) is 4.79 Å². The molecule has 0 atom stereocenters. The van der Waals surface area contributed by atoms with E-state index in [1.807, 2.05) is 18.2 Å². The van der Waals surface area contributed by atoms with Gasteiger partial charge in [0.25, 0.3) is 5.91 Å². The van der Waals surface area contributed by atoms with Crippen LogP contribution in [0.15, 0.2) is 30.6 Å². The van der Waals surface area contributed by atoms with E-state index in [2.05, 4.69) is 20.6 Å². The molecule has 1 aromatic carbocycles. The van der Waals surface area contributed by atoms with Crippen molar-refractivity contribution in [1.82, 2.24) is 15.3 Å². The van der Waals surface area contributed by atoms with Crippen LogP contribution in [0.25, 0.3) is 0 Å². The summed E-state index contributed by atoms with van der Waals surface area (Å²) in [6.07, 6.45) is 7.55. The number of hydrogen-bond donors (Lipinski definition) is 2. The van der Waals surface area contributed by atoms with Gasteiger partial charge in [0.15, 0.2) is 11.5 Å². The van der Waals surface area contributed by atoms with Gasteiger partial charge >= 0.3 is 0 Å². The Bertz CT molecular complexity index is 757. The van der Waals surface area contributed by atoms with Gasteiger partial charge in [0.2, 0.25) is 6.79 Å². The van der Waals surface area contributed by atoms with Crippen LogP contribution in [0, 0.1) is 0 Å². The molecule has 0 unspecified atom stereocenters. The fourth-order valence-corrected chi connectivity index (χ4v) is 3.11. The average molecular weight is 340 g/mol. The number of amides is 1. The molecule has 25 heavy (non-hydrogen) atoms. The predicted octanol–water partition coefficient (Wildman–Crippen LogP) is 2.49. The van der Waals surface area contributed by atoms with Gasteiger partial charge in [-0.15, -0.1) is 0 Å². The molecule has 2 N–H and O–H groups in total. The molecule has 130 valence electrons. The Balaban J connectivity index is 1.33. The van der Waals surface area contributed by atoms with Gasteiger partial charge in [0.1, 0.15) is 11.5 Å². The standard InChI is InChI=1S/C18H20N4O3/c23-18(22-13-3-1-2-4-13)14-9-21-17(10-19-14)20-8-12-5-6-15-16(7-12)25-11-24-15/h5-7,9-10,13H,1-4,8,11H2,(H,20,21)(H,22,23). The van der Waals surface area contributed by atoms with Crippen LogP contribution in [0.2, 0.25) is 0 Å². The second-order valence-electron chi connectivity index (χ2n) is 6.28. The lowest BCUT2D eigenvalue weighted by Crippen LogP contribution is -2.33. The molecule has 1 saturated carbocycles. The van der Waals surface area contributed by atoms with Gasteiger partial charge in [-0.3, -0.25) is 4.79 Å². The van der Waals surface area contributed by atoms with E-state index >= 15 is 0 Å². The van der Waals surface area contributed by atoms with Crippen LogP contribution in [0.3, 0.4) is 0 Å². The van der Waals surface area contributed by atoms with E-state index in [0.717, 1.165) is 29.9 Å². The Morgan fingerprint density at radius 2 is 1.96 bits per heavy atom. The number of aromatic nitrogens is 2. The number of nitrogens with one attached hydrogen (secondary N) is 2. The Hall–Kier alpha value is -2.83. The van der Waals surface area contributed by atoms with Gasteiger partial charge in [-0.25, -0.2) is 9.97 Å². The minimum atomic E-state index is -0.151. The third-order valence-corrected chi connectivity index (χ3v) is 4.49. The lowest BCUT2D eigenvalue weighted by Gasteiger charge is -2.11. The molecule has 2 aromatic rings. The van der Waals surface area contributed by atoms with E-state index in [-0.39, 0.29) is 18.7 Å². The number of ether oxygens (including phenoxy) is 2. The number of fused-ring (bicyclic) bond motifs is 1. The fourth-order valence-electron chi connectivity index (χ4n) is 3.11. The van der Waals surface area contributed by atoms with Crippen molar-refractivity contribution in [3.63, 3.8) is 0 Å². The maximum absolute atomic E-state index is 12.1. The van der Waals surface area contributed by atoms with Crippen LogP contribution >= 0.6 is 0 Å². The molecule has 1 aromatic heterocycles. The van der Waals surface area contributed by atoms with Crippen LogP contribution in [-0.2, 0) is 6.54 Å². The third-order valence-electron chi connectivity index (χ3n) is 4.49. The summed E-state index contributed by atoms with van der Waals surface area (Å²) in [7, 11) is 0. The first-order valence-corrected chi connectivity index (χ1v) is 8.53. The molecule has 1 aliphatic heterocycles. The van der Waals surface area contributed by atoms with Gasteiger partial charge in [-0.05, 0) is 30.5 Å². The monoisotopic (exact) mass is 340 g/mol. The smallest absolute Gasteiger partial charge is 0.271 e. The van der Waals surface area contributed by atoms with E-state index in [1.54, 1.807) is 6.20 Å². The molecule has 2 heterocycles. The van der Waals surface area contributed by atoms with Crippen LogP contribution < -0.4 is 20.1 Å². The molecule has 4 rings (SSSR count). The van der Waals surface area contributed by atoms with E-state index in [4.69, 9.17) is 9.47 Å². The molecule has 0 spiro atoms. The Morgan fingerprint density at radius 3 is 2.76 bits per heavy atom. The molecular formula is C18H20N4O3. The lowest BCUT2D eigenvalue weighted by atomic mass is 10.2. The topological polar surface area (TPSA) is 85.4 Å². The Kier molecular flexibility index (Phi) is 4.37. The zero-order chi connectivity index (χ0) is 17.1. The van der Waals surface area contributed by atoms with E-state index < -0.39 is 0 Å². The lowest BCUT2D eigenvalue weighted by molar-refractivity contribution is 0.0932. The first-order valence-electron chi connectivity index (χ1n) is 8.53. The average Bonchev–Trinajstić information content (AvgIpc) is 3.31. The van der Waals surface area contributed by atoms with Gasteiger partial charge in [-0.2, -0.15) is 0 Å². The third kappa shape index (κ3) is 3.65. The minimum Gasteiger partial charge on any atom is -0.454 e. The number of benzene rings is 1. The summed E-state index contributed by atoms with van der Waals surface area (Å²) >= 11 is 0. The maximum Gasteiger partial charge on any atom is 0.271 e. The van der Waals surface area contributed by atoms with Crippen molar-refractivity contribution in [2.75, 3.05) is 12.1 Å². The van der Waals surface area contributed by atoms with Gasteiger partial charge in [-0.1, -0.05) is 18.9 Å². The highest BCUT2D eigenvalue weighted by atomic mass is 16.7. The molecule has 0 saturated heterocycles. The molecule has 1 fully saturated rings. The molecule has 7 nitrogen and oxygen atoms in total. The number of anilines is 1. The first-order chi connectivity index (χ1) is 12.3. The number of rotatable bonds is 5. The van der Waals surface area contributed by atoms with Crippen LogP contribution in [0.5, 0.6) is 11.5 Å². The first kappa shape index (κ1) is 15.7. The number of carbonyl (C=O) groups is 1. The summed E-state index contributed by atoms with van der Waals surface area (Å²) in [5.74, 6) is 1.99. The van der Waals surface area contributed by atoms with Gasteiger partial charge < -0.3 is 20.1 Å². The van der Waals surface area contributed by atoms with Gasteiger partial charge in [0.05, 0.1) is 12.4 Å². The van der Waals surface area contributed by atoms with Crippen LogP contribution in [0.4, 0.5) is 5.82 Å². The van der Waals surface area contributed by atoms with Crippen molar-refractivity contribution in [3.8, 4) is 11.5 Å². The molecule has 2 aliphatic rings. The normalized spacial score (nSPS) is 16.0. The Labute approximate surface area is 145 Å². The minimum absolute atomic E-state index is 0.151. The van der Waals surface area contributed by atoms with Gasteiger partial charge in [0, 0.05) is 12.6 Å². The SMILES string of the molecule is O=C(NC1CCCC1)c1cnc(NCc2ccc3c(c2)OCO3)cn1. The number of carbonyl (C=O) groups excluding carboxylic acids is 1. The van der Waals surface area contributed by atoms with Crippen molar-refractivity contribution in [2.45, 2.75) is 38.3 Å². The number of hydrogen-bond acceptors (Lipinski definition) is 6. The molecule has 7 heteroatoms. The molecule has 0 bridgehead atoms. The zero-order valence-electron chi connectivity index (χ0n) is 13.8. The summed E-state index contributed by atoms with van der Waals surface area (Å²) in [6, 6.07) is 6.07. The fraction of sp³-hybridized carbons (Fsp3) is 0.389. The summed E-state index contributed by atoms with van der Waals surface area (Å²) in [5.41, 5.74) is 1.40. The molecule has 1 amide bonds. The van der Waals surface area contributed by atoms with Crippen molar-refractivity contribution in [3.05, 3.63) is 41.9 Å². The van der Waals surface area contributed by atoms with Crippen molar-refractivity contribution in [2.24, 2.45) is 0 Å². The molecule has 0 radical (unpaired) electrons. The van der Waals surface area contributed by atoms with Crippen molar-refractivity contribution in [1.29, 1.82) is 0 Å². The summed E-state index contributed by atoms with van der Waals surface area (Å²) < 4.78 is 10.7. The zero-order valence-corrected chi connectivity index (χ0v) is 13.8. The van der Waals surface area contributed by atoms with E-state index in [1.165, 1.54) is 19.0 Å². The number of nitrogens with zero attached hydrogens (tertiary/aromatic N) is 2. The Morgan fingerprint density at radius 1 is 1.12 bits per heavy atom. The summed E-state index contributed by atoms with van der Waals surface area (Å²) in [4.78, 5) is 20.6. The highest BCUT2D eigenvalue weighted by Gasteiger charge is 2.18. The molecular weight excluding hydrogens is 320 g/mol. The predicted molar refractivity (Wildman–Crippen MR) is 91.6 cm³/mol. The largest absolute Gasteiger partial charge is 0.454 e. The highest BCUT2D eigenvalue weighted by molar-refractivity contribution is 5.92. The highest BCUT2D eigenvalue weighted by Crippen LogP contribution is 2.32. The second kappa shape index (κ2) is 6.96. The quantitative estimate of drug-likeness (QED) is 0.870. The van der Waals surface area contributed by atoms with Crippen molar-refractivity contribution >= 4 is 11.7 Å². The molecule has 1 aliphatic carbocycles. The maximum atomic E-state index is 12.1. The van der Waals surface area contributed by atoms with E-state index in [0.29, 0.717) is 18.1 Å². The van der Waals surface area contributed by atoms with Crippen molar-refractivity contribution < 1.29 is 14.3 Å². The van der Waals surface area contributed by atoms with Crippen LogP contribution in [0.1, 0.15) is 41.7 Å². The second-order valence-corrected chi connectivity index (χ2v) is 6.28. The summed E-state index contributed by atoms with van der Waals surface area (Å²) in [6.45, 7) is 0.848. The summed E-state index contributed by atoms with van der Waals surface area (Å²) in [5, 5.41) is 6.20.